The summed E-state index contributed by atoms with van der Waals surface area (Å²) < 4.78 is 47.3. The highest BCUT2D eigenvalue weighted by Crippen LogP contribution is 2.31. The number of anilines is 1. The van der Waals surface area contributed by atoms with E-state index in [1.165, 1.54) is 29.3 Å². The first-order valence-corrected chi connectivity index (χ1v) is 10.4. The van der Waals surface area contributed by atoms with Crippen LogP contribution >= 0.6 is 0 Å². The van der Waals surface area contributed by atoms with Crippen molar-refractivity contribution in [3.8, 4) is 11.1 Å². The number of benzene rings is 2. The summed E-state index contributed by atoms with van der Waals surface area (Å²) in [7, 11) is 1.59. The summed E-state index contributed by atoms with van der Waals surface area (Å²) in [5.41, 5.74) is 1.12. The molecule has 0 aliphatic carbocycles. The van der Waals surface area contributed by atoms with Gasteiger partial charge >= 0.3 is 0 Å². The van der Waals surface area contributed by atoms with Crippen LogP contribution in [0.2, 0.25) is 0 Å². The zero-order valence-electron chi connectivity index (χ0n) is 18.1. The number of pyridine rings is 1. The molecule has 5 aromatic rings. The molecule has 0 aliphatic rings. The van der Waals surface area contributed by atoms with Crippen LogP contribution in [-0.4, -0.2) is 19.7 Å². The second-order valence-corrected chi connectivity index (χ2v) is 7.89. The fourth-order valence-electron chi connectivity index (χ4n) is 3.98. The van der Waals surface area contributed by atoms with Crippen molar-refractivity contribution in [2.75, 3.05) is 5.32 Å². The molecule has 0 spiro atoms. The molecule has 5 rings (SSSR count). The van der Waals surface area contributed by atoms with E-state index < -0.39 is 23.8 Å². The van der Waals surface area contributed by atoms with Crippen molar-refractivity contribution in [1.82, 2.24) is 19.7 Å². The van der Waals surface area contributed by atoms with Gasteiger partial charge in [0.05, 0.1) is 17.0 Å². The maximum absolute atomic E-state index is 14.7. The third-order valence-corrected chi connectivity index (χ3v) is 5.79. The van der Waals surface area contributed by atoms with Crippen molar-refractivity contribution in [2.24, 2.45) is 7.05 Å². The summed E-state index contributed by atoms with van der Waals surface area (Å²) in [6.07, 6.45) is -0.132. The Morgan fingerprint density at radius 1 is 1.09 bits per heavy atom. The summed E-state index contributed by atoms with van der Waals surface area (Å²) in [4.78, 5) is 21.6. The van der Waals surface area contributed by atoms with Crippen molar-refractivity contribution in [2.45, 2.75) is 19.4 Å². The lowest BCUT2D eigenvalue weighted by Gasteiger charge is -2.19. The number of aromatic nitrogens is 4. The quantitative estimate of drug-likeness (QED) is 0.375. The Bertz CT molecular complexity index is 1600. The number of hydrogen-bond donors (Lipinski definition) is 1. The molecule has 10 heteroatoms. The molecule has 172 valence electrons. The fraction of sp³-hybridized carbons (Fsp3) is 0.167. The third-order valence-electron chi connectivity index (χ3n) is 5.79. The molecule has 0 unspecified atom stereocenters. The van der Waals surface area contributed by atoms with E-state index in [0.29, 0.717) is 33.5 Å². The zero-order chi connectivity index (χ0) is 24.0. The topological polar surface area (TPSA) is 85.8 Å². The molecule has 0 saturated carbocycles. The lowest BCUT2D eigenvalue weighted by atomic mass is 10.0. The van der Waals surface area contributed by atoms with Crippen molar-refractivity contribution in [3.63, 3.8) is 0 Å². The molecule has 1 atom stereocenters. The minimum atomic E-state index is -2.92. The summed E-state index contributed by atoms with van der Waals surface area (Å²) in [5.74, 6) is -0.636. The Balaban J connectivity index is 1.61. The lowest BCUT2D eigenvalue weighted by Crippen LogP contribution is -2.20. The molecule has 0 aliphatic heterocycles. The predicted molar refractivity (Wildman–Crippen MR) is 121 cm³/mol. The van der Waals surface area contributed by atoms with Gasteiger partial charge in [0, 0.05) is 23.6 Å². The number of hydrogen-bond acceptors (Lipinski definition) is 6. The molecule has 34 heavy (non-hydrogen) atoms. The molecule has 7 nitrogen and oxygen atoms in total. The highest BCUT2D eigenvalue weighted by molar-refractivity contribution is 5.91. The average Bonchev–Trinajstić information content (AvgIpc) is 3.29. The van der Waals surface area contributed by atoms with Crippen LogP contribution in [0.3, 0.4) is 0 Å². The number of aryl methyl sites for hydroxylation is 1. The molecule has 0 fully saturated rings. The second kappa shape index (κ2) is 8.29. The highest BCUT2D eigenvalue weighted by atomic mass is 19.3. The van der Waals surface area contributed by atoms with Gasteiger partial charge in [-0.25, -0.2) is 23.1 Å². The molecule has 0 amide bonds. The Morgan fingerprint density at radius 2 is 1.88 bits per heavy atom. The Kier molecular flexibility index (Phi) is 5.27. The first-order valence-electron chi connectivity index (χ1n) is 10.4. The summed E-state index contributed by atoms with van der Waals surface area (Å²) in [6.45, 7) is 1.64. The van der Waals surface area contributed by atoms with Crippen LogP contribution < -0.4 is 10.9 Å². The van der Waals surface area contributed by atoms with Gasteiger partial charge in [-0.3, -0.25) is 9.36 Å². The molecule has 3 heterocycles. The monoisotopic (exact) mass is 465 g/mol. The van der Waals surface area contributed by atoms with E-state index in [9.17, 15) is 18.0 Å². The standard InChI is InChI=1S/C24H18F3N5O2/c1-12(15-4-3-5-16(20(15)25)21(26)27)30-22-18-9-17(24(33)32(2)23(18)29-11-28-22)13-6-7-14-10-34-31-19(14)8-13/h3-12,21H,1-2H3,(H,28,29,30)/t12-/m1/s1. The SMILES string of the molecule is C[C@@H](Nc1ncnc2c1cc(-c1ccc3conc3c1)c(=O)n2C)c1cccc(C(F)F)c1F. The smallest absolute Gasteiger partial charge is 0.266 e. The number of nitrogens with one attached hydrogen (secondary N) is 1. The Morgan fingerprint density at radius 3 is 2.68 bits per heavy atom. The third kappa shape index (κ3) is 3.57. The van der Waals surface area contributed by atoms with Gasteiger partial charge in [-0.05, 0) is 30.7 Å². The van der Waals surface area contributed by atoms with Crippen LogP contribution in [0.4, 0.5) is 19.0 Å². The van der Waals surface area contributed by atoms with Crippen molar-refractivity contribution < 1.29 is 17.7 Å². The minimum absolute atomic E-state index is 0.0751. The summed E-state index contributed by atoms with van der Waals surface area (Å²) >= 11 is 0. The van der Waals surface area contributed by atoms with Crippen LogP contribution in [0.15, 0.2) is 64.4 Å². The number of nitrogens with zero attached hydrogens (tertiary/aromatic N) is 4. The van der Waals surface area contributed by atoms with Gasteiger partial charge in [-0.2, -0.15) is 0 Å². The maximum Gasteiger partial charge on any atom is 0.266 e. The van der Waals surface area contributed by atoms with Crippen molar-refractivity contribution in [1.29, 1.82) is 0 Å². The zero-order valence-corrected chi connectivity index (χ0v) is 18.1. The number of rotatable bonds is 5. The Hall–Kier alpha value is -4.21. The highest BCUT2D eigenvalue weighted by Gasteiger charge is 2.21. The Labute approximate surface area is 190 Å². The van der Waals surface area contributed by atoms with Crippen LogP contribution in [-0.2, 0) is 7.05 Å². The molecule has 0 bridgehead atoms. The summed E-state index contributed by atoms with van der Waals surface area (Å²) in [5, 5.41) is 8.32. The maximum atomic E-state index is 14.7. The molecular weight excluding hydrogens is 447 g/mol. The normalized spacial score (nSPS) is 12.5. The van der Waals surface area contributed by atoms with E-state index in [1.54, 1.807) is 38.2 Å². The van der Waals surface area contributed by atoms with E-state index >= 15 is 0 Å². The molecule has 3 aromatic heterocycles. The molecular formula is C24H18F3N5O2. The first-order chi connectivity index (χ1) is 16.3. The fourth-order valence-corrected chi connectivity index (χ4v) is 3.98. The van der Waals surface area contributed by atoms with Crippen molar-refractivity contribution >= 4 is 27.8 Å². The predicted octanol–water partition coefficient (Wildman–Crippen LogP) is 5.39. The van der Waals surface area contributed by atoms with Gasteiger partial charge < -0.3 is 9.84 Å². The molecule has 2 aromatic carbocycles. The number of alkyl halides is 2. The van der Waals surface area contributed by atoms with Crippen molar-refractivity contribution in [3.05, 3.63) is 82.4 Å². The van der Waals surface area contributed by atoms with E-state index in [2.05, 4.69) is 20.4 Å². The van der Waals surface area contributed by atoms with E-state index in [1.807, 2.05) is 0 Å². The van der Waals surface area contributed by atoms with Crippen LogP contribution in [0.1, 0.15) is 30.5 Å². The van der Waals surface area contributed by atoms with E-state index in [4.69, 9.17) is 4.52 Å². The van der Waals surface area contributed by atoms with Gasteiger partial charge in [-0.1, -0.05) is 29.4 Å². The van der Waals surface area contributed by atoms with E-state index in [-0.39, 0.29) is 11.1 Å². The largest absolute Gasteiger partial charge is 0.364 e. The van der Waals surface area contributed by atoms with Gasteiger partial charge in [0.15, 0.2) is 0 Å². The van der Waals surface area contributed by atoms with Crippen LogP contribution in [0, 0.1) is 5.82 Å². The van der Waals surface area contributed by atoms with Gasteiger partial charge in [0.25, 0.3) is 12.0 Å². The molecule has 0 radical (unpaired) electrons. The number of fused-ring (bicyclic) bond motifs is 2. The van der Waals surface area contributed by atoms with E-state index in [0.717, 1.165) is 11.5 Å². The van der Waals surface area contributed by atoms with Crippen LogP contribution in [0.25, 0.3) is 33.1 Å². The van der Waals surface area contributed by atoms with Gasteiger partial charge in [0.1, 0.15) is 35.4 Å². The van der Waals surface area contributed by atoms with Crippen LogP contribution in [0.5, 0.6) is 0 Å². The average molecular weight is 465 g/mol. The first kappa shape index (κ1) is 21.6. The molecule has 0 saturated heterocycles. The second-order valence-electron chi connectivity index (χ2n) is 7.89. The summed E-state index contributed by atoms with van der Waals surface area (Å²) in [6, 6.07) is 10.2. The lowest BCUT2D eigenvalue weighted by molar-refractivity contribution is 0.146. The molecule has 1 N–H and O–H groups in total. The number of halogens is 3. The van der Waals surface area contributed by atoms with Gasteiger partial charge in [0.2, 0.25) is 0 Å². The van der Waals surface area contributed by atoms with Gasteiger partial charge in [-0.15, -0.1) is 0 Å². The minimum Gasteiger partial charge on any atom is -0.364 e.